The molecule has 0 unspecified atom stereocenters. The van der Waals surface area contributed by atoms with E-state index in [4.69, 9.17) is 4.42 Å². The van der Waals surface area contributed by atoms with E-state index in [1.807, 2.05) is 42.5 Å². The number of allylic oxidation sites excluding steroid dienone is 3. The van der Waals surface area contributed by atoms with Gasteiger partial charge < -0.3 is 4.42 Å². The van der Waals surface area contributed by atoms with Crippen LogP contribution >= 0.6 is 0 Å². The van der Waals surface area contributed by atoms with Gasteiger partial charge >= 0.3 is 5.63 Å². The molecule has 3 rings (SSSR count). The van der Waals surface area contributed by atoms with Crippen LogP contribution in [0.4, 0.5) is 0 Å². The van der Waals surface area contributed by atoms with Gasteiger partial charge in [-0.15, -0.1) is 0 Å². The zero-order chi connectivity index (χ0) is 16.1. The molecular formula is C20H14O3. The fourth-order valence-corrected chi connectivity index (χ4v) is 2.20. The molecule has 0 radical (unpaired) electrons. The first-order valence-electron chi connectivity index (χ1n) is 7.21. The second-order valence-electron chi connectivity index (χ2n) is 4.98. The van der Waals surface area contributed by atoms with Crippen molar-refractivity contribution < 1.29 is 9.21 Å². The van der Waals surface area contributed by atoms with E-state index in [0.717, 1.165) is 10.9 Å². The van der Waals surface area contributed by atoms with Gasteiger partial charge in [0.15, 0.2) is 5.78 Å². The van der Waals surface area contributed by atoms with E-state index >= 15 is 0 Å². The van der Waals surface area contributed by atoms with E-state index < -0.39 is 5.63 Å². The number of fused-ring (bicyclic) bond motifs is 1. The Hall–Kier alpha value is -3.20. The van der Waals surface area contributed by atoms with Gasteiger partial charge in [0.25, 0.3) is 0 Å². The van der Waals surface area contributed by atoms with Crippen molar-refractivity contribution in [3.05, 3.63) is 100 Å². The van der Waals surface area contributed by atoms with Gasteiger partial charge in [-0.05, 0) is 23.8 Å². The third kappa shape index (κ3) is 3.52. The molecule has 0 N–H and O–H groups in total. The van der Waals surface area contributed by atoms with Crippen LogP contribution < -0.4 is 5.63 Å². The van der Waals surface area contributed by atoms with Gasteiger partial charge in [-0.3, -0.25) is 4.79 Å². The fraction of sp³-hybridized carbons (Fsp3) is 0. The van der Waals surface area contributed by atoms with Crippen molar-refractivity contribution in [1.82, 2.24) is 0 Å². The Morgan fingerprint density at radius 2 is 1.65 bits per heavy atom. The first-order valence-corrected chi connectivity index (χ1v) is 7.21. The molecule has 0 spiro atoms. The Labute approximate surface area is 133 Å². The number of carbonyl (C=O) groups excluding carboxylic acids is 1. The summed E-state index contributed by atoms with van der Waals surface area (Å²) in [6.07, 6.45) is 6.62. The van der Waals surface area contributed by atoms with E-state index in [9.17, 15) is 9.59 Å². The van der Waals surface area contributed by atoms with Crippen molar-refractivity contribution in [2.75, 3.05) is 0 Å². The molecule has 0 saturated carbocycles. The average molecular weight is 302 g/mol. The molecule has 2 aromatic carbocycles. The highest BCUT2D eigenvalue weighted by molar-refractivity contribution is 6.05. The topological polar surface area (TPSA) is 47.3 Å². The molecule has 0 bridgehead atoms. The van der Waals surface area contributed by atoms with Crippen LogP contribution in [0.3, 0.4) is 0 Å². The third-order valence-electron chi connectivity index (χ3n) is 3.35. The van der Waals surface area contributed by atoms with E-state index in [1.54, 1.807) is 36.4 Å². The number of rotatable bonds is 4. The number of hydrogen-bond acceptors (Lipinski definition) is 3. The van der Waals surface area contributed by atoms with Crippen LogP contribution in [0.15, 0.2) is 88.1 Å². The molecule has 0 saturated heterocycles. The molecule has 3 aromatic rings. The number of hydrogen-bond donors (Lipinski definition) is 0. The molecule has 0 aliphatic rings. The van der Waals surface area contributed by atoms with E-state index in [1.165, 1.54) is 6.08 Å². The molecule has 3 nitrogen and oxygen atoms in total. The molecule has 0 atom stereocenters. The summed E-state index contributed by atoms with van der Waals surface area (Å²) in [5.74, 6) is -0.373. The Balaban J connectivity index is 1.80. The predicted molar refractivity (Wildman–Crippen MR) is 91.4 cm³/mol. The minimum Gasteiger partial charge on any atom is -0.422 e. The lowest BCUT2D eigenvalue weighted by Gasteiger charge is -1.98. The molecule has 0 aliphatic heterocycles. The highest BCUT2D eigenvalue weighted by atomic mass is 16.4. The summed E-state index contributed by atoms with van der Waals surface area (Å²) in [6.45, 7) is 0. The average Bonchev–Trinajstić information content (AvgIpc) is 2.59. The number of para-hydroxylation sites is 1. The lowest BCUT2D eigenvalue weighted by atomic mass is 10.1. The molecule has 1 heterocycles. The van der Waals surface area contributed by atoms with Crippen LogP contribution in [0.2, 0.25) is 0 Å². The predicted octanol–water partition coefficient (Wildman–Crippen LogP) is 4.25. The van der Waals surface area contributed by atoms with Gasteiger partial charge in [-0.25, -0.2) is 4.79 Å². The first kappa shape index (κ1) is 14.7. The number of ketones is 1. The van der Waals surface area contributed by atoms with Gasteiger partial charge in [-0.2, -0.15) is 0 Å². The second-order valence-corrected chi connectivity index (χ2v) is 4.98. The normalized spacial score (nSPS) is 11.5. The number of carbonyl (C=O) groups is 1. The molecule has 23 heavy (non-hydrogen) atoms. The molecule has 0 fully saturated rings. The van der Waals surface area contributed by atoms with Crippen molar-refractivity contribution in [2.45, 2.75) is 0 Å². The molecular weight excluding hydrogens is 288 g/mol. The van der Waals surface area contributed by atoms with Crippen LogP contribution in [-0.4, -0.2) is 5.78 Å². The Kier molecular flexibility index (Phi) is 4.29. The smallest absolute Gasteiger partial charge is 0.347 e. The van der Waals surface area contributed by atoms with Gasteiger partial charge in [0.2, 0.25) is 0 Å². The summed E-state index contributed by atoms with van der Waals surface area (Å²) in [6, 6.07) is 18.4. The lowest BCUT2D eigenvalue weighted by molar-refractivity contribution is 0.104. The van der Waals surface area contributed by atoms with Crippen LogP contribution in [0.1, 0.15) is 15.9 Å². The van der Waals surface area contributed by atoms with Gasteiger partial charge in [0.05, 0.1) is 0 Å². The maximum absolute atomic E-state index is 12.1. The van der Waals surface area contributed by atoms with Crippen molar-refractivity contribution in [3.63, 3.8) is 0 Å². The van der Waals surface area contributed by atoms with Gasteiger partial charge in [0, 0.05) is 5.39 Å². The highest BCUT2D eigenvalue weighted by Crippen LogP contribution is 2.13. The van der Waals surface area contributed by atoms with E-state index in [0.29, 0.717) is 5.58 Å². The number of benzene rings is 2. The largest absolute Gasteiger partial charge is 0.422 e. The summed E-state index contributed by atoms with van der Waals surface area (Å²) < 4.78 is 5.16. The zero-order valence-electron chi connectivity index (χ0n) is 12.3. The first-order chi connectivity index (χ1) is 11.2. The summed E-state index contributed by atoms with van der Waals surface area (Å²) in [5.41, 5.74) is 0.926. The van der Waals surface area contributed by atoms with Crippen molar-refractivity contribution in [2.24, 2.45) is 0 Å². The molecule has 0 amide bonds. The Morgan fingerprint density at radius 3 is 2.48 bits per heavy atom. The summed E-state index contributed by atoms with van der Waals surface area (Å²) in [5, 5.41) is 0.726. The standard InChI is InChI=1S/C20H14O3/c21-18(12-6-4-10-15-8-2-1-3-9-15)17-14-16-11-5-7-13-19(16)23-20(17)22/h1-14H/b10-4+,12-6?. The zero-order valence-corrected chi connectivity index (χ0v) is 12.3. The SMILES string of the molecule is O=C(C=C/C=C/c1ccccc1)c1cc2ccccc2oc1=O. The van der Waals surface area contributed by atoms with Crippen LogP contribution in [0, 0.1) is 0 Å². The van der Waals surface area contributed by atoms with Crippen molar-refractivity contribution in [1.29, 1.82) is 0 Å². The summed E-state index contributed by atoms with van der Waals surface area (Å²) >= 11 is 0. The van der Waals surface area contributed by atoms with Crippen LogP contribution in [0.25, 0.3) is 17.0 Å². The summed E-state index contributed by atoms with van der Waals surface area (Å²) in [7, 11) is 0. The van der Waals surface area contributed by atoms with E-state index in [-0.39, 0.29) is 11.3 Å². The molecule has 1 aromatic heterocycles. The Bertz CT molecular complexity index is 947. The van der Waals surface area contributed by atoms with Gasteiger partial charge in [-0.1, -0.05) is 66.8 Å². The van der Waals surface area contributed by atoms with E-state index in [2.05, 4.69) is 0 Å². The Morgan fingerprint density at radius 1 is 0.913 bits per heavy atom. The van der Waals surface area contributed by atoms with Crippen LogP contribution in [0.5, 0.6) is 0 Å². The quantitative estimate of drug-likeness (QED) is 0.313. The highest BCUT2D eigenvalue weighted by Gasteiger charge is 2.10. The molecule has 3 heteroatoms. The molecule has 0 aliphatic carbocycles. The fourth-order valence-electron chi connectivity index (χ4n) is 2.20. The van der Waals surface area contributed by atoms with Crippen molar-refractivity contribution in [3.8, 4) is 0 Å². The van der Waals surface area contributed by atoms with Gasteiger partial charge in [0.1, 0.15) is 11.1 Å². The third-order valence-corrected chi connectivity index (χ3v) is 3.35. The molecule has 112 valence electrons. The second kappa shape index (κ2) is 6.71. The lowest BCUT2D eigenvalue weighted by Crippen LogP contribution is -2.11. The summed E-state index contributed by atoms with van der Waals surface area (Å²) in [4.78, 5) is 24.0. The van der Waals surface area contributed by atoms with Crippen LogP contribution in [-0.2, 0) is 0 Å². The maximum Gasteiger partial charge on any atom is 0.347 e. The minimum atomic E-state index is -0.620. The van der Waals surface area contributed by atoms with Crippen molar-refractivity contribution >= 4 is 22.8 Å². The maximum atomic E-state index is 12.1. The monoisotopic (exact) mass is 302 g/mol. The minimum absolute atomic E-state index is 0.0352.